The number of rotatable bonds is 2. The first-order valence-corrected chi connectivity index (χ1v) is 6.64. The van der Waals surface area contributed by atoms with Gasteiger partial charge < -0.3 is 4.42 Å². The van der Waals surface area contributed by atoms with Crippen LogP contribution in [0.25, 0.3) is 34.2 Å². The van der Waals surface area contributed by atoms with E-state index in [4.69, 9.17) is 4.42 Å². The molecule has 100 valence electrons. The molecule has 0 aliphatic rings. The number of nitrogens with zero attached hydrogens (tertiary/aromatic N) is 3. The number of benzene rings is 2. The molecular formula is C17H11N3O. The molecule has 0 radical (unpaired) electrons. The van der Waals surface area contributed by atoms with Crippen LogP contribution in [0.5, 0.6) is 0 Å². The summed E-state index contributed by atoms with van der Waals surface area (Å²) in [6.07, 6.45) is 5.40. The maximum absolute atomic E-state index is 5.62. The van der Waals surface area contributed by atoms with Crippen LogP contribution in [0.4, 0.5) is 0 Å². The Morgan fingerprint density at radius 3 is 2.52 bits per heavy atom. The Balaban J connectivity index is 1.69. The van der Waals surface area contributed by atoms with Crippen molar-refractivity contribution < 1.29 is 4.42 Å². The minimum Gasteiger partial charge on any atom is -0.437 e. The number of para-hydroxylation sites is 3. The molecule has 4 heteroatoms. The molecule has 0 atom stereocenters. The topological polar surface area (TPSA) is 51.8 Å². The second kappa shape index (κ2) is 4.83. The summed E-state index contributed by atoms with van der Waals surface area (Å²) in [6.45, 7) is 0. The van der Waals surface area contributed by atoms with E-state index in [1.54, 1.807) is 12.2 Å². The molecule has 0 bridgehead atoms. The van der Waals surface area contributed by atoms with E-state index >= 15 is 0 Å². The van der Waals surface area contributed by atoms with Gasteiger partial charge in [-0.2, -0.15) is 0 Å². The second-order valence-corrected chi connectivity index (χ2v) is 4.64. The molecule has 0 aliphatic heterocycles. The molecule has 0 aliphatic carbocycles. The van der Waals surface area contributed by atoms with Crippen LogP contribution in [0.3, 0.4) is 0 Å². The van der Waals surface area contributed by atoms with E-state index in [9.17, 15) is 0 Å². The lowest BCUT2D eigenvalue weighted by Gasteiger charge is -1.96. The average Bonchev–Trinajstić information content (AvgIpc) is 2.95. The fraction of sp³-hybridized carbons (Fsp3) is 0. The Morgan fingerprint density at radius 1 is 0.810 bits per heavy atom. The molecule has 0 N–H and O–H groups in total. The largest absolute Gasteiger partial charge is 0.437 e. The Bertz CT molecular complexity index is 923. The summed E-state index contributed by atoms with van der Waals surface area (Å²) in [6, 6.07) is 15.6. The number of hydrogen-bond acceptors (Lipinski definition) is 4. The summed E-state index contributed by atoms with van der Waals surface area (Å²) in [7, 11) is 0. The van der Waals surface area contributed by atoms with Gasteiger partial charge in [-0.15, -0.1) is 0 Å². The van der Waals surface area contributed by atoms with Crippen molar-refractivity contribution in [2.75, 3.05) is 0 Å². The van der Waals surface area contributed by atoms with Gasteiger partial charge in [-0.25, -0.2) is 15.0 Å². The van der Waals surface area contributed by atoms with Crippen LogP contribution in [0.2, 0.25) is 0 Å². The van der Waals surface area contributed by atoms with E-state index in [1.807, 2.05) is 54.7 Å². The van der Waals surface area contributed by atoms with Gasteiger partial charge in [0.25, 0.3) is 0 Å². The zero-order chi connectivity index (χ0) is 14.1. The SMILES string of the molecule is C(=Cc1nc2ccccc2o1)c1ncc2ccccc2n1. The van der Waals surface area contributed by atoms with Gasteiger partial charge in [0.2, 0.25) is 5.89 Å². The lowest BCUT2D eigenvalue weighted by Crippen LogP contribution is -1.87. The zero-order valence-electron chi connectivity index (χ0n) is 11.1. The van der Waals surface area contributed by atoms with Gasteiger partial charge in [-0.3, -0.25) is 0 Å². The van der Waals surface area contributed by atoms with Crippen molar-refractivity contribution in [1.82, 2.24) is 15.0 Å². The predicted molar refractivity (Wildman–Crippen MR) is 82.5 cm³/mol. The molecule has 2 aromatic carbocycles. The van der Waals surface area contributed by atoms with E-state index in [2.05, 4.69) is 15.0 Å². The molecule has 0 fully saturated rings. The summed E-state index contributed by atoms with van der Waals surface area (Å²) in [5.41, 5.74) is 2.54. The number of hydrogen-bond donors (Lipinski definition) is 0. The molecule has 4 nitrogen and oxygen atoms in total. The van der Waals surface area contributed by atoms with Gasteiger partial charge >= 0.3 is 0 Å². The quantitative estimate of drug-likeness (QED) is 0.555. The van der Waals surface area contributed by atoms with Crippen molar-refractivity contribution in [3.63, 3.8) is 0 Å². The van der Waals surface area contributed by atoms with Gasteiger partial charge in [0.15, 0.2) is 11.4 Å². The van der Waals surface area contributed by atoms with Crippen LogP contribution in [-0.2, 0) is 0 Å². The van der Waals surface area contributed by atoms with Gasteiger partial charge in [0.05, 0.1) is 5.52 Å². The third-order valence-electron chi connectivity index (χ3n) is 3.19. The van der Waals surface area contributed by atoms with Crippen LogP contribution in [0, 0.1) is 0 Å². The smallest absolute Gasteiger partial charge is 0.220 e. The lowest BCUT2D eigenvalue weighted by atomic mass is 10.2. The van der Waals surface area contributed by atoms with Crippen LogP contribution < -0.4 is 0 Å². The molecule has 0 spiro atoms. The third-order valence-corrected chi connectivity index (χ3v) is 3.19. The minimum atomic E-state index is 0.549. The monoisotopic (exact) mass is 273 g/mol. The Hall–Kier alpha value is -3.01. The van der Waals surface area contributed by atoms with Gasteiger partial charge in [-0.05, 0) is 24.3 Å². The van der Waals surface area contributed by atoms with Crippen LogP contribution in [-0.4, -0.2) is 15.0 Å². The van der Waals surface area contributed by atoms with E-state index in [0.717, 1.165) is 22.0 Å². The molecule has 2 aromatic heterocycles. The van der Waals surface area contributed by atoms with E-state index in [1.165, 1.54) is 0 Å². The molecule has 0 unspecified atom stereocenters. The van der Waals surface area contributed by atoms with Crippen LogP contribution in [0.1, 0.15) is 11.7 Å². The first kappa shape index (κ1) is 11.8. The highest BCUT2D eigenvalue weighted by Crippen LogP contribution is 2.16. The highest BCUT2D eigenvalue weighted by molar-refractivity contribution is 5.79. The van der Waals surface area contributed by atoms with Crippen molar-refractivity contribution in [2.24, 2.45) is 0 Å². The van der Waals surface area contributed by atoms with E-state index in [-0.39, 0.29) is 0 Å². The maximum Gasteiger partial charge on any atom is 0.220 e. The van der Waals surface area contributed by atoms with Crippen molar-refractivity contribution >= 4 is 34.2 Å². The standard InChI is InChI=1S/C17H11N3O/c1-2-6-13-12(5-1)11-18-16(19-13)9-10-17-20-14-7-3-4-8-15(14)21-17/h1-11H. The fourth-order valence-corrected chi connectivity index (χ4v) is 2.17. The zero-order valence-corrected chi connectivity index (χ0v) is 11.1. The second-order valence-electron chi connectivity index (χ2n) is 4.64. The highest BCUT2D eigenvalue weighted by atomic mass is 16.3. The Labute approximate surface area is 120 Å². The number of aromatic nitrogens is 3. The first-order valence-electron chi connectivity index (χ1n) is 6.64. The summed E-state index contributed by atoms with van der Waals surface area (Å²) in [5, 5.41) is 1.02. The predicted octanol–water partition coefficient (Wildman–Crippen LogP) is 3.94. The number of oxazole rings is 1. The van der Waals surface area contributed by atoms with Crippen LogP contribution >= 0.6 is 0 Å². The number of fused-ring (bicyclic) bond motifs is 2. The van der Waals surface area contributed by atoms with Gasteiger partial charge in [-0.1, -0.05) is 30.3 Å². The molecule has 4 aromatic rings. The summed E-state index contributed by atoms with van der Waals surface area (Å²) in [5.74, 6) is 1.18. The molecule has 0 amide bonds. The summed E-state index contributed by atoms with van der Waals surface area (Å²) in [4.78, 5) is 13.2. The summed E-state index contributed by atoms with van der Waals surface area (Å²) >= 11 is 0. The molecule has 0 saturated heterocycles. The van der Waals surface area contributed by atoms with Crippen LogP contribution in [0.15, 0.2) is 59.1 Å². The van der Waals surface area contributed by atoms with Crippen molar-refractivity contribution in [3.8, 4) is 0 Å². The summed E-state index contributed by atoms with van der Waals surface area (Å²) < 4.78 is 5.62. The van der Waals surface area contributed by atoms with Gasteiger partial charge in [0, 0.05) is 17.7 Å². The minimum absolute atomic E-state index is 0.549. The lowest BCUT2D eigenvalue weighted by molar-refractivity contribution is 0.589. The highest BCUT2D eigenvalue weighted by Gasteiger charge is 2.02. The van der Waals surface area contributed by atoms with Crippen molar-refractivity contribution in [3.05, 3.63) is 66.4 Å². The van der Waals surface area contributed by atoms with E-state index < -0.39 is 0 Å². The van der Waals surface area contributed by atoms with E-state index in [0.29, 0.717) is 11.7 Å². The van der Waals surface area contributed by atoms with Gasteiger partial charge in [0.1, 0.15) is 5.52 Å². The van der Waals surface area contributed by atoms with Crippen molar-refractivity contribution in [2.45, 2.75) is 0 Å². The average molecular weight is 273 g/mol. The molecule has 0 saturated carbocycles. The molecule has 2 heterocycles. The Morgan fingerprint density at radius 2 is 1.62 bits per heavy atom. The fourth-order valence-electron chi connectivity index (χ4n) is 2.17. The third kappa shape index (κ3) is 2.27. The molecule has 4 rings (SSSR count). The molecular weight excluding hydrogens is 262 g/mol. The van der Waals surface area contributed by atoms with Crippen molar-refractivity contribution in [1.29, 1.82) is 0 Å². The normalized spacial score (nSPS) is 11.6. The molecule has 21 heavy (non-hydrogen) atoms. The maximum atomic E-state index is 5.62. The Kier molecular flexibility index (Phi) is 2.71. The first-order chi connectivity index (χ1) is 10.4.